The summed E-state index contributed by atoms with van der Waals surface area (Å²) in [4.78, 5) is 12.5. The topological polar surface area (TPSA) is 66.5 Å². The van der Waals surface area contributed by atoms with Crippen molar-refractivity contribution in [3.05, 3.63) is 65.2 Å². The Labute approximate surface area is 168 Å². The molecule has 0 spiro atoms. The van der Waals surface area contributed by atoms with Gasteiger partial charge in [-0.15, -0.1) is 0 Å². The average Bonchev–Trinajstić information content (AvgIpc) is 2.66. The van der Waals surface area contributed by atoms with Crippen LogP contribution in [0.4, 0.5) is 13.2 Å². The fourth-order valence-electron chi connectivity index (χ4n) is 2.94. The van der Waals surface area contributed by atoms with Crippen molar-refractivity contribution >= 4 is 15.9 Å². The number of sulfonamides is 1. The highest BCUT2D eigenvalue weighted by molar-refractivity contribution is 7.89. The number of carbonyl (C=O) groups is 1. The monoisotopic (exact) mass is 428 g/mol. The van der Waals surface area contributed by atoms with E-state index < -0.39 is 28.1 Å². The van der Waals surface area contributed by atoms with Crippen LogP contribution in [0, 0.1) is 6.92 Å². The Kier molecular flexibility index (Phi) is 7.07. The lowest BCUT2D eigenvalue weighted by Crippen LogP contribution is -2.38. The van der Waals surface area contributed by atoms with Crippen LogP contribution in [0.2, 0.25) is 0 Å². The van der Waals surface area contributed by atoms with Gasteiger partial charge in [0.1, 0.15) is 0 Å². The molecular formula is C20H23F3N2O3S. The molecular weight excluding hydrogens is 405 g/mol. The summed E-state index contributed by atoms with van der Waals surface area (Å²) in [5, 5.41) is 1.97. The lowest BCUT2D eigenvalue weighted by Gasteiger charge is -2.23. The molecule has 29 heavy (non-hydrogen) atoms. The molecule has 0 aliphatic heterocycles. The molecule has 1 atom stereocenters. The maximum absolute atomic E-state index is 13.5. The molecule has 0 fully saturated rings. The fraction of sp³-hybridized carbons (Fsp3) is 0.350. The van der Waals surface area contributed by atoms with E-state index in [1.165, 1.54) is 40.7 Å². The Balaban J connectivity index is 2.41. The molecule has 5 nitrogen and oxygen atoms in total. The average molecular weight is 428 g/mol. The first-order chi connectivity index (χ1) is 13.5. The van der Waals surface area contributed by atoms with E-state index in [2.05, 4.69) is 0 Å². The zero-order valence-electron chi connectivity index (χ0n) is 16.3. The quantitative estimate of drug-likeness (QED) is 0.723. The van der Waals surface area contributed by atoms with Crippen molar-refractivity contribution < 1.29 is 26.4 Å². The first-order valence-corrected chi connectivity index (χ1v) is 10.5. The number of carbonyl (C=O) groups excluding carboxylic acids is 1. The number of aryl methyl sites for hydroxylation is 1. The highest BCUT2D eigenvalue weighted by atomic mass is 32.2. The van der Waals surface area contributed by atoms with Gasteiger partial charge in [0.25, 0.3) is 5.91 Å². The minimum absolute atomic E-state index is 0.0999. The molecule has 0 radical (unpaired) electrons. The van der Waals surface area contributed by atoms with Crippen LogP contribution >= 0.6 is 0 Å². The predicted molar refractivity (Wildman–Crippen MR) is 104 cm³/mol. The molecule has 0 aliphatic carbocycles. The Morgan fingerprint density at radius 2 is 1.66 bits per heavy atom. The van der Waals surface area contributed by atoms with E-state index in [1.807, 2.05) is 5.32 Å². The van der Waals surface area contributed by atoms with Gasteiger partial charge in [0, 0.05) is 18.7 Å². The molecule has 0 aromatic heterocycles. The summed E-state index contributed by atoms with van der Waals surface area (Å²) in [7, 11) is -3.87. The lowest BCUT2D eigenvalue weighted by molar-refractivity contribution is -0.155. The van der Waals surface area contributed by atoms with Gasteiger partial charge in [-0.2, -0.15) is 17.5 Å². The molecule has 1 amide bonds. The number of amides is 1. The normalized spacial score (nSPS) is 13.3. The molecule has 0 saturated carbocycles. The van der Waals surface area contributed by atoms with Crippen molar-refractivity contribution in [2.45, 2.75) is 37.9 Å². The van der Waals surface area contributed by atoms with Crippen LogP contribution in [0.1, 0.15) is 41.4 Å². The lowest BCUT2D eigenvalue weighted by atomic mass is 10.1. The van der Waals surface area contributed by atoms with Crippen LogP contribution < -0.4 is 5.32 Å². The molecule has 2 aromatic rings. The molecule has 0 bridgehead atoms. The third-order valence-electron chi connectivity index (χ3n) is 4.51. The summed E-state index contributed by atoms with van der Waals surface area (Å²) in [6, 6.07) is 8.64. The minimum atomic E-state index is -4.71. The molecule has 2 aromatic carbocycles. The van der Waals surface area contributed by atoms with E-state index in [9.17, 15) is 26.4 Å². The Morgan fingerprint density at radius 3 is 2.17 bits per heavy atom. The standard InChI is InChI=1S/C20H23F3N2O3S/c1-4-25(5-2)29(27,28)17-13-16(12-11-14(17)3)19(26)24-18(20(21,22)23)15-9-7-6-8-10-15/h6-13,18H,4-5H2,1-3H3,(H,24,26). The molecule has 0 heterocycles. The Hall–Kier alpha value is -2.39. The summed E-state index contributed by atoms with van der Waals surface area (Å²) >= 11 is 0. The van der Waals surface area contributed by atoms with Crippen LogP contribution in [0.25, 0.3) is 0 Å². The molecule has 2 rings (SSSR count). The Bertz CT molecular complexity index is 957. The van der Waals surface area contributed by atoms with Crippen molar-refractivity contribution in [2.24, 2.45) is 0 Å². The van der Waals surface area contributed by atoms with Gasteiger partial charge < -0.3 is 5.32 Å². The van der Waals surface area contributed by atoms with Crippen LogP contribution in [0.3, 0.4) is 0 Å². The maximum Gasteiger partial charge on any atom is 0.412 e. The van der Waals surface area contributed by atoms with Crippen LogP contribution in [0.5, 0.6) is 0 Å². The maximum atomic E-state index is 13.5. The van der Waals surface area contributed by atoms with Gasteiger partial charge in [0.2, 0.25) is 10.0 Å². The van der Waals surface area contributed by atoms with E-state index in [1.54, 1.807) is 26.8 Å². The van der Waals surface area contributed by atoms with Gasteiger partial charge in [-0.05, 0) is 30.2 Å². The molecule has 0 saturated heterocycles. The highest BCUT2D eigenvalue weighted by Gasteiger charge is 2.42. The second-order valence-corrected chi connectivity index (χ2v) is 8.33. The van der Waals surface area contributed by atoms with Gasteiger partial charge >= 0.3 is 6.18 Å². The van der Waals surface area contributed by atoms with Gasteiger partial charge in [-0.1, -0.05) is 50.2 Å². The predicted octanol–water partition coefficient (Wildman–Crippen LogP) is 4.06. The summed E-state index contributed by atoms with van der Waals surface area (Å²) in [6.45, 7) is 5.40. The van der Waals surface area contributed by atoms with Gasteiger partial charge in [-0.25, -0.2) is 8.42 Å². The number of hydrogen-bond donors (Lipinski definition) is 1. The highest BCUT2D eigenvalue weighted by Crippen LogP contribution is 2.33. The van der Waals surface area contributed by atoms with Crippen LogP contribution in [0.15, 0.2) is 53.4 Å². The molecule has 9 heteroatoms. The Morgan fingerprint density at radius 1 is 1.07 bits per heavy atom. The largest absolute Gasteiger partial charge is 0.412 e. The van der Waals surface area contributed by atoms with Crippen LogP contribution in [-0.4, -0.2) is 37.9 Å². The second kappa shape index (κ2) is 8.96. The van der Waals surface area contributed by atoms with Crippen molar-refractivity contribution in [1.29, 1.82) is 0 Å². The number of benzene rings is 2. The van der Waals surface area contributed by atoms with Gasteiger partial charge in [0.05, 0.1) is 4.90 Å². The molecule has 1 N–H and O–H groups in total. The molecule has 1 unspecified atom stereocenters. The van der Waals surface area contributed by atoms with E-state index in [-0.39, 0.29) is 29.1 Å². The van der Waals surface area contributed by atoms with Gasteiger partial charge in [0.15, 0.2) is 6.04 Å². The van der Waals surface area contributed by atoms with Crippen LogP contribution in [-0.2, 0) is 10.0 Å². The SMILES string of the molecule is CCN(CC)S(=O)(=O)c1cc(C(=O)NC(c2ccccc2)C(F)(F)F)ccc1C. The second-order valence-electron chi connectivity index (χ2n) is 6.43. The number of alkyl halides is 3. The number of hydrogen-bond acceptors (Lipinski definition) is 3. The summed E-state index contributed by atoms with van der Waals surface area (Å²) in [5.74, 6) is -1.01. The zero-order valence-corrected chi connectivity index (χ0v) is 17.1. The van der Waals surface area contributed by atoms with E-state index in [4.69, 9.17) is 0 Å². The first-order valence-electron chi connectivity index (χ1n) is 9.05. The summed E-state index contributed by atoms with van der Waals surface area (Å²) < 4.78 is 67.3. The van der Waals surface area contributed by atoms with Crippen molar-refractivity contribution in [1.82, 2.24) is 9.62 Å². The number of nitrogens with one attached hydrogen (secondary N) is 1. The van der Waals surface area contributed by atoms with Crippen molar-refractivity contribution in [3.8, 4) is 0 Å². The summed E-state index contributed by atoms with van der Waals surface area (Å²) in [5.41, 5.74) is 0.131. The van der Waals surface area contributed by atoms with Gasteiger partial charge in [-0.3, -0.25) is 4.79 Å². The molecule has 0 aliphatic rings. The summed E-state index contributed by atoms with van der Waals surface area (Å²) in [6.07, 6.45) is -4.71. The smallest absolute Gasteiger partial charge is 0.337 e. The first kappa shape index (κ1) is 22.9. The number of nitrogens with zero attached hydrogens (tertiary/aromatic N) is 1. The number of rotatable bonds is 7. The van der Waals surface area contributed by atoms with Crippen molar-refractivity contribution in [2.75, 3.05) is 13.1 Å². The zero-order chi connectivity index (χ0) is 21.8. The number of halogens is 3. The van der Waals surface area contributed by atoms with E-state index in [0.717, 1.165) is 6.07 Å². The van der Waals surface area contributed by atoms with E-state index in [0.29, 0.717) is 5.56 Å². The van der Waals surface area contributed by atoms with Crippen molar-refractivity contribution in [3.63, 3.8) is 0 Å². The molecule has 158 valence electrons. The third-order valence-corrected chi connectivity index (χ3v) is 6.70. The minimum Gasteiger partial charge on any atom is -0.337 e. The van der Waals surface area contributed by atoms with E-state index >= 15 is 0 Å². The fourth-order valence-corrected chi connectivity index (χ4v) is 4.64. The third kappa shape index (κ3) is 5.16.